The van der Waals surface area contributed by atoms with Crippen molar-refractivity contribution in [1.82, 2.24) is 30.4 Å². The number of hydrogen-bond acceptors (Lipinski definition) is 8. The molecule has 176 valence electrons. The molecule has 3 heterocycles. The normalized spacial score (nSPS) is 13.8. The molecular formula is C22H30N8O3. The molecule has 0 spiro atoms. The lowest BCUT2D eigenvalue weighted by molar-refractivity contribution is 0.254. The van der Waals surface area contributed by atoms with Gasteiger partial charge >= 0.3 is 6.03 Å². The first-order valence-corrected chi connectivity index (χ1v) is 11.1. The van der Waals surface area contributed by atoms with E-state index in [9.17, 15) is 4.79 Å². The lowest BCUT2D eigenvalue weighted by atomic mass is 10.2. The first-order chi connectivity index (χ1) is 16.1. The van der Waals surface area contributed by atoms with Gasteiger partial charge in [-0.05, 0) is 45.3 Å². The Balaban J connectivity index is 1.61. The van der Waals surface area contributed by atoms with Crippen molar-refractivity contribution in [2.75, 3.05) is 51.0 Å². The molecule has 11 nitrogen and oxygen atoms in total. The van der Waals surface area contributed by atoms with E-state index >= 15 is 0 Å². The number of H-pyrrole nitrogens is 1. The molecule has 1 fully saturated rings. The van der Waals surface area contributed by atoms with Gasteiger partial charge in [-0.1, -0.05) is 0 Å². The first kappa shape index (κ1) is 22.6. The second-order valence-electron chi connectivity index (χ2n) is 7.93. The number of aryl methyl sites for hydroxylation is 1. The second kappa shape index (κ2) is 10.3. The third kappa shape index (κ3) is 5.61. The summed E-state index contributed by atoms with van der Waals surface area (Å²) >= 11 is 0. The van der Waals surface area contributed by atoms with E-state index < -0.39 is 6.03 Å². The third-order valence-corrected chi connectivity index (χ3v) is 5.46. The summed E-state index contributed by atoms with van der Waals surface area (Å²) in [6.45, 7) is 5.84. The van der Waals surface area contributed by atoms with Crippen LogP contribution in [0.4, 0.5) is 22.4 Å². The summed E-state index contributed by atoms with van der Waals surface area (Å²) in [5.41, 5.74) is 1.50. The number of anilines is 3. The van der Waals surface area contributed by atoms with Gasteiger partial charge in [-0.25, -0.2) is 9.78 Å². The predicted octanol–water partition coefficient (Wildman–Crippen LogP) is 3.03. The summed E-state index contributed by atoms with van der Waals surface area (Å²) < 4.78 is 11.6. The number of carbonyl (C=O) groups excluding carboxylic acids is 1. The average molecular weight is 455 g/mol. The van der Waals surface area contributed by atoms with Gasteiger partial charge in [0.05, 0.1) is 19.2 Å². The molecule has 1 aromatic carbocycles. The zero-order chi connectivity index (χ0) is 23.2. The molecule has 11 heteroatoms. The summed E-state index contributed by atoms with van der Waals surface area (Å²) in [5, 5.41) is 16.1. The summed E-state index contributed by atoms with van der Waals surface area (Å²) in [5.74, 6) is 2.41. The number of aromatic amines is 1. The highest BCUT2D eigenvalue weighted by Gasteiger charge is 2.16. The number of rotatable bonds is 9. The highest BCUT2D eigenvalue weighted by molar-refractivity contribution is 5.95. The Kier molecular flexibility index (Phi) is 7.08. The Hall–Kier alpha value is -3.60. The quantitative estimate of drug-likeness (QED) is 0.363. The lowest BCUT2D eigenvalue weighted by Crippen LogP contribution is -2.25. The fourth-order valence-corrected chi connectivity index (χ4v) is 3.80. The maximum absolute atomic E-state index is 11.9. The highest BCUT2D eigenvalue weighted by Crippen LogP contribution is 2.35. The second-order valence-corrected chi connectivity index (χ2v) is 7.93. The van der Waals surface area contributed by atoms with Gasteiger partial charge in [0.25, 0.3) is 0 Å². The Morgan fingerprint density at radius 2 is 2.00 bits per heavy atom. The van der Waals surface area contributed by atoms with E-state index in [0.717, 1.165) is 18.7 Å². The monoisotopic (exact) mass is 454 g/mol. The zero-order valence-corrected chi connectivity index (χ0v) is 19.2. The molecule has 4 N–H and O–H groups in total. The number of ether oxygens (including phenoxy) is 2. The summed E-state index contributed by atoms with van der Waals surface area (Å²) in [6.07, 6.45) is 3.49. The minimum atomic E-state index is -0.414. The number of urea groups is 1. The largest absolute Gasteiger partial charge is 0.493 e. The molecule has 1 aliphatic rings. The van der Waals surface area contributed by atoms with Crippen LogP contribution in [-0.2, 0) is 0 Å². The minimum absolute atomic E-state index is 0.154. The van der Waals surface area contributed by atoms with Crippen molar-refractivity contribution in [3.8, 4) is 11.5 Å². The number of likely N-dealkylation sites (tertiary alicyclic amines) is 1. The van der Waals surface area contributed by atoms with Crippen molar-refractivity contribution in [3.63, 3.8) is 0 Å². The van der Waals surface area contributed by atoms with Crippen molar-refractivity contribution in [1.29, 1.82) is 0 Å². The number of amides is 2. The molecule has 1 aliphatic heterocycles. The molecule has 2 aromatic heterocycles. The van der Waals surface area contributed by atoms with Gasteiger partial charge in [0, 0.05) is 36.8 Å². The van der Waals surface area contributed by atoms with Crippen LogP contribution in [0.2, 0.25) is 0 Å². The molecule has 4 rings (SSSR count). The maximum atomic E-state index is 11.9. The van der Waals surface area contributed by atoms with Crippen LogP contribution >= 0.6 is 0 Å². The number of carbonyl (C=O) groups is 1. The Morgan fingerprint density at radius 3 is 2.70 bits per heavy atom. The molecule has 0 unspecified atom stereocenters. The molecule has 0 radical (unpaired) electrons. The summed E-state index contributed by atoms with van der Waals surface area (Å²) in [4.78, 5) is 23.3. The van der Waals surface area contributed by atoms with E-state index in [2.05, 4.69) is 41.0 Å². The Bertz CT molecular complexity index is 1110. The summed E-state index contributed by atoms with van der Waals surface area (Å²) in [6, 6.07) is 5.08. The van der Waals surface area contributed by atoms with Gasteiger partial charge < -0.3 is 25.0 Å². The van der Waals surface area contributed by atoms with Crippen molar-refractivity contribution < 1.29 is 14.3 Å². The highest BCUT2D eigenvalue weighted by atomic mass is 16.5. The van der Waals surface area contributed by atoms with Crippen molar-refractivity contribution in [2.24, 2.45) is 0 Å². The van der Waals surface area contributed by atoms with Gasteiger partial charge in [-0.2, -0.15) is 10.1 Å². The molecular weight excluding hydrogens is 424 g/mol. The molecule has 2 amide bonds. The van der Waals surface area contributed by atoms with E-state index in [1.165, 1.54) is 33.0 Å². The molecule has 0 atom stereocenters. The van der Waals surface area contributed by atoms with Crippen LogP contribution in [0.15, 0.2) is 18.2 Å². The average Bonchev–Trinajstić information content (AvgIpc) is 3.47. The van der Waals surface area contributed by atoms with E-state index in [1.807, 2.05) is 25.1 Å². The number of benzene rings is 1. The SMILES string of the molecule is CNC(=O)Nc1nc(Nc2cc(C)[nH]n2)c2cc(OC)c(OCCCN3CCCC3)cc2n1. The van der Waals surface area contributed by atoms with Gasteiger partial charge in [0.15, 0.2) is 17.3 Å². The number of aromatic nitrogens is 4. The molecule has 0 aliphatic carbocycles. The van der Waals surface area contributed by atoms with Crippen molar-refractivity contribution in [2.45, 2.75) is 26.2 Å². The predicted molar refractivity (Wildman–Crippen MR) is 127 cm³/mol. The topological polar surface area (TPSA) is 129 Å². The van der Waals surface area contributed by atoms with Crippen molar-refractivity contribution >= 4 is 34.5 Å². The van der Waals surface area contributed by atoms with Gasteiger partial charge in [-0.15, -0.1) is 0 Å². The molecule has 33 heavy (non-hydrogen) atoms. The van der Waals surface area contributed by atoms with E-state index in [0.29, 0.717) is 40.6 Å². The van der Waals surface area contributed by atoms with Gasteiger partial charge in [0.2, 0.25) is 5.95 Å². The molecule has 1 saturated heterocycles. The van der Waals surface area contributed by atoms with E-state index in [1.54, 1.807) is 7.11 Å². The smallest absolute Gasteiger partial charge is 0.321 e. The van der Waals surface area contributed by atoms with Gasteiger partial charge in [-0.3, -0.25) is 10.4 Å². The maximum Gasteiger partial charge on any atom is 0.321 e. The Labute approximate surface area is 192 Å². The lowest BCUT2D eigenvalue weighted by Gasteiger charge is -2.16. The van der Waals surface area contributed by atoms with Gasteiger partial charge in [0.1, 0.15) is 5.82 Å². The zero-order valence-electron chi connectivity index (χ0n) is 19.2. The van der Waals surface area contributed by atoms with E-state index in [4.69, 9.17) is 9.47 Å². The minimum Gasteiger partial charge on any atom is -0.493 e. The Morgan fingerprint density at radius 1 is 1.18 bits per heavy atom. The molecule has 0 bridgehead atoms. The number of hydrogen-bond donors (Lipinski definition) is 4. The number of nitrogens with one attached hydrogen (secondary N) is 4. The number of fused-ring (bicyclic) bond motifs is 1. The van der Waals surface area contributed by atoms with Crippen LogP contribution < -0.4 is 25.4 Å². The molecule has 3 aromatic rings. The number of nitrogens with zero attached hydrogens (tertiary/aromatic N) is 4. The van der Waals surface area contributed by atoms with Crippen LogP contribution in [0.25, 0.3) is 10.9 Å². The van der Waals surface area contributed by atoms with Crippen LogP contribution in [0, 0.1) is 6.92 Å². The van der Waals surface area contributed by atoms with E-state index in [-0.39, 0.29) is 5.95 Å². The standard InChI is InChI=1S/C22H30N8O3/c1-14-11-19(29-28-14)25-20-15-12-17(32-3)18(33-10-6-9-30-7-4-5-8-30)13-16(15)24-21(26-20)27-22(31)23-2/h11-13H,4-10H2,1-3H3,(H4,23,24,25,26,27,28,29,31). The van der Waals surface area contributed by atoms with Crippen LogP contribution in [0.3, 0.4) is 0 Å². The van der Waals surface area contributed by atoms with Crippen LogP contribution in [0.1, 0.15) is 25.0 Å². The third-order valence-electron chi connectivity index (χ3n) is 5.46. The van der Waals surface area contributed by atoms with Crippen molar-refractivity contribution in [3.05, 3.63) is 23.9 Å². The molecule has 0 saturated carbocycles. The van der Waals surface area contributed by atoms with Crippen LogP contribution in [-0.4, -0.2) is 71.5 Å². The van der Waals surface area contributed by atoms with Crippen LogP contribution in [0.5, 0.6) is 11.5 Å². The first-order valence-electron chi connectivity index (χ1n) is 11.1. The fourth-order valence-electron chi connectivity index (χ4n) is 3.80. The summed E-state index contributed by atoms with van der Waals surface area (Å²) in [7, 11) is 3.13. The fraction of sp³-hybridized carbons (Fsp3) is 0.455. The number of methoxy groups -OCH3 is 1.